The molecule has 1 heterocycles. The largest absolute Gasteiger partial charge is 0.501 e. The van der Waals surface area contributed by atoms with Crippen molar-refractivity contribution in [1.82, 2.24) is 10.3 Å². The molecule has 0 bridgehead atoms. The van der Waals surface area contributed by atoms with Gasteiger partial charge >= 0.3 is 5.82 Å². The number of aliphatic hydroxyl groups excluding tert-OH is 2. The van der Waals surface area contributed by atoms with Crippen LogP contribution in [-0.2, 0) is 4.79 Å². The van der Waals surface area contributed by atoms with Crippen LogP contribution < -0.4 is 5.32 Å². The number of amides is 1. The van der Waals surface area contributed by atoms with Gasteiger partial charge < -0.3 is 30.8 Å². The molecule has 1 aromatic rings. The molecule has 4 N–H and O–H groups in total. The van der Waals surface area contributed by atoms with Gasteiger partial charge in [0, 0.05) is 13.5 Å². The topological polar surface area (TPSA) is 146 Å². The van der Waals surface area contributed by atoms with Crippen LogP contribution >= 0.6 is 0 Å². The van der Waals surface area contributed by atoms with Gasteiger partial charge in [-0.1, -0.05) is 0 Å². The lowest BCUT2D eigenvalue weighted by Crippen LogP contribution is -2.34. The number of carbonyl (C=O) groups is 1. The van der Waals surface area contributed by atoms with Gasteiger partial charge in [0.25, 0.3) is 0 Å². The fraction of sp³-hybridized carbons (Fsp3) is 0.400. The molecule has 0 aliphatic carbocycles. The average molecular weight is 271 g/mol. The highest BCUT2D eigenvalue weighted by molar-refractivity contribution is 5.72. The van der Waals surface area contributed by atoms with Gasteiger partial charge in [0.15, 0.2) is 5.69 Å². The zero-order chi connectivity index (χ0) is 14.6. The van der Waals surface area contributed by atoms with E-state index in [1.54, 1.807) is 0 Å². The van der Waals surface area contributed by atoms with Crippen molar-refractivity contribution in [3.63, 3.8) is 0 Å². The van der Waals surface area contributed by atoms with Crippen LogP contribution in [0.1, 0.15) is 18.7 Å². The Labute approximate surface area is 107 Å². The zero-order valence-corrected chi connectivity index (χ0v) is 9.98. The number of hydrogen-bond donors (Lipinski definition) is 4. The maximum absolute atomic E-state index is 10.7. The first kappa shape index (κ1) is 14.8. The molecular formula is C10H13N3O6. The van der Waals surface area contributed by atoms with Crippen LogP contribution in [0.3, 0.4) is 0 Å². The third-order valence-corrected chi connectivity index (χ3v) is 2.28. The molecule has 0 radical (unpaired) electrons. The molecular weight excluding hydrogens is 258 g/mol. The second-order valence-electron chi connectivity index (χ2n) is 3.79. The molecule has 104 valence electrons. The van der Waals surface area contributed by atoms with Gasteiger partial charge in [-0.25, -0.2) is 0 Å². The molecule has 1 rings (SSSR count). The predicted molar refractivity (Wildman–Crippen MR) is 62.2 cm³/mol. The summed E-state index contributed by atoms with van der Waals surface area (Å²) in [5, 5.41) is 41.4. The zero-order valence-electron chi connectivity index (χ0n) is 9.98. The Morgan fingerprint density at radius 2 is 2.16 bits per heavy atom. The number of rotatable bonds is 5. The molecule has 0 saturated carbocycles. The molecule has 1 amide bonds. The Hall–Kier alpha value is -2.26. The van der Waals surface area contributed by atoms with Crippen molar-refractivity contribution in [2.24, 2.45) is 0 Å². The van der Waals surface area contributed by atoms with Crippen molar-refractivity contribution in [1.29, 1.82) is 0 Å². The summed E-state index contributed by atoms with van der Waals surface area (Å²) in [5.41, 5.74) is -0.178. The summed E-state index contributed by atoms with van der Waals surface area (Å²) in [4.78, 5) is 23.8. The van der Waals surface area contributed by atoms with Crippen LogP contribution in [0.2, 0.25) is 0 Å². The number of pyridine rings is 1. The van der Waals surface area contributed by atoms with E-state index in [-0.39, 0.29) is 12.2 Å². The molecule has 0 fully saturated rings. The van der Waals surface area contributed by atoms with E-state index in [1.807, 2.05) is 0 Å². The summed E-state index contributed by atoms with van der Waals surface area (Å²) in [6.07, 6.45) is -2.90. The van der Waals surface area contributed by atoms with Gasteiger partial charge in [-0.15, -0.1) is 0 Å². The van der Waals surface area contributed by atoms with Gasteiger partial charge in [-0.2, -0.15) is 0 Å². The molecule has 9 nitrogen and oxygen atoms in total. The Bertz CT molecular complexity index is 492. The monoisotopic (exact) mass is 271 g/mol. The van der Waals surface area contributed by atoms with E-state index in [1.165, 1.54) is 6.92 Å². The third-order valence-electron chi connectivity index (χ3n) is 2.28. The van der Waals surface area contributed by atoms with Crippen LogP contribution in [0, 0.1) is 10.1 Å². The van der Waals surface area contributed by atoms with Crippen LogP contribution in [-0.4, -0.2) is 43.8 Å². The predicted octanol–water partition coefficient (Wildman–Crippen LogP) is -0.774. The second kappa shape index (κ2) is 6.07. The highest BCUT2D eigenvalue weighted by Crippen LogP contribution is 2.25. The smallest absolute Gasteiger partial charge is 0.406 e. The van der Waals surface area contributed by atoms with E-state index in [0.717, 1.165) is 12.1 Å². The molecule has 0 saturated heterocycles. The van der Waals surface area contributed by atoms with Crippen LogP contribution in [0.25, 0.3) is 0 Å². The quantitative estimate of drug-likeness (QED) is 0.406. The lowest BCUT2D eigenvalue weighted by atomic mass is 10.1. The van der Waals surface area contributed by atoms with E-state index in [2.05, 4.69) is 10.3 Å². The van der Waals surface area contributed by atoms with Crippen molar-refractivity contribution >= 4 is 11.7 Å². The third kappa shape index (κ3) is 3.86. The molecule has 2 atom stereocenters. The SMILES string of the molecule is CC(=O)NCC(O)C(O)c1ccc(O)c([N+](=O)[O-])n1. The minimum Gasteiger partial charge on any atom is -0.501 e. The maximum Gasteiger partial charge on any atom is 0.406 e. The Morgan fingerprint density at radius 1 is 1.53 bits per heavy atom. The lowest BCUT2D eigenvalue weighted by molar-refractivity contribution is -0.390. The minimum atomic E-state index is -1.52. The molecule has 0 aliphatic heterocycles. The number of carbonyl (C=O) groups excluding carboxylic acids is 1. The highest BCUT2D eigenvalue weighted by Gasteiger charge is 2.26. The van der Waals surface area contributed by atoms with Crippen LogP contribution in [0.5, 0.6) is 5.75 Å². The minimum absolute atomic E-state index is 0.178. The van der Waals surface area contributed by atoms with Gasteiger partial charge in [0.05, 0.1) is 0 Å². The Balaban J connectivity index is 2.87. The standard InChI is InChI=1S/C10H13N3O6/c1-5(14)11-4-8(16)9(17)6-2-3-7(15)10(12-6)13(18)19/h2-3,8-9,15-17H,4H2,1H3,(H,11,14). The number of aromatic hydroxyl groups is 1. The van der Waals surface area contributed by atoms with E-state index < -0.39 is 34.6 Å². The van der Waals surface area contributed by atoms with Crippen molar-refractivity contribution < 1.29 is 25.0 Å². The van der Waals surface area contributed by atoms with Crippen molar-refractivity contribution in [2.45, 2.75) is 19.1 Å². The normalized spacial score (nSPS) is 13.6. The number of nitrogens with zero attached hydrogens (tertiary/aromatic N) is 2. The number of aromatic nitrogens is 1. The van der Waals surface area contributed by atoms with Crippen molar-refractivity contribution in [3.05, 3.63) is 27.9 Å². The van der Waals surface area contributed by atoms with E-state index in [9.17, 15) is 30.2 Å². The molecule has 19 heavy (non-hydrogen) atoms. The Kier molecular flexibility index (Phi) is 4.73. The summed E-state index contributed by atoms with van der Waals surface area (Å²) in [6, 6.07) is 2.14. The number of aliphatic hydroxyl groups is 2. The molecule has 2 unspecified atom stereocenters. The number of nitrogens with one attached hydrogen (secondary N) is 1. The summed E-state index contributed by atoms with van der Waals surface area (Å²) < 4.78 is 0. The van der Waals surface area contributed by atoms with E-state index in [0.29, 0.717) is 0 Å². The van der Waals surface area contributed by atoms with Crippen LogP contribution in [0.15, 0.2) is 12.1 Å². The second-order valence-corrected chi connectivity index (χ2v) is 3.79. The number of nitro groups is 1. The fourth-order valence-electron chi connectivity index (χ4n) is 1.31. The van der Waals surface area contributed by atoms with Crippen LogP contribution in [0.4, 0.5) is 5.82 Å². The molecule has 1 aromatic heterocycles. The summed E-state index contributed by atoms with van der Waals surface area (Å²) >= 11 is 0. The van der Waals surface area contributed by atoms with Gasteiger partial charge in [-0.3, -0.25) is 4.79 Å². The summed E-state index contributed by atoms with van der Waals surface area (Å²) in [5.74, 6) is -1.85. The molecule has 9 heteroatoms. The van der Waals surface area contributed by atoms with Crippen molar-refractivity contribution in [3.8, 4) is 5.75 Å². The first-order chi connectivity index (χ1) is 8.82. The van der Waals surface area contributed by atoms with E-state index >= 15 is 0 Å². The highest BCUT2D eigenvalue weighted by atomic mass is 16.6. The van der Waals surface area contributed by atoms with Gasteiger partial charge in [0.2, 0.25) is 11.7 Å². The van der Waals surface area contributed by atoms with E-state index in [4.69, 9.17) is 0 Å². The summed E-state index contributed by atoms with van der Waals surface area (Å²) in [6.45, 7) is 1.01. The molecule has 0 aromatic carbocycles. The Morgan fingerprint density at radius 3 is 2.68 bits per heavy atom. The summed E-state index contributed by atoms with van der Waals surface area (Å²) in [7, 11) is 0. The molecule has 0 aliphatic rings. The maximum atomic E-state index is 10.7. The lowest BCUT2D eigenvalue weighted by Gasteiger charge is -2.15. The number of hydrogen-bond acceptors (Lipinski definition) is 7. The fourth-order valence-corrected chi connectivity index (χ4v) is 1.31. The van der Waals surface area contributed by atoms with Gasteiger partial charge in [0.1, 0.15) is 12.2 Å². The molecule has 0 spiro atoms. The van der Waals surface area contributed by atoms with Gasteiger partial charge in [-0.05, 0) is 22.0 Å². The first-order valence-corrected chi connectivity index (χ1v) is 5.27. The average Bonchev–Trinajstić information content (AvgIpc) is 2.35. The van der Waals surface area contributed by atoms with Crippen molar-refractivity contribution in [2.75, 3.05) is 6.54 Å². The first-order valence-electron chi connectivity index (χ1n) is 5.27.